The van der Waals surface area contributed by atoms with Gasteiger partial charge in [-0.3, -0.25) is 4.79 Å². The van der Waals surface area contributed by atoms with Crippen molar-refractivity contribution in [2.45, 2.75) is 12.3 Å². The predicted molar refractivity (Wildman–Crippen MR) is 92.2 cm³/mol. The van der Waals surface area contributed by atoms with Crippen molar-refractivity contribution in [1.82, 2.24) is 4.90 Å². The van der Waals surface area contributed by atoms with Crippen LogP contribution in [0.2, 0.25) is 0 Å². The van der Waals surface area contributed by atoms with Gasteiger partial charge in [-0.15, -0.1) is 6.58 Å². The Kier molecular flexibility index (Phi) is 4.04. The average Bonchev–Trinajstić information content (AvgIpc) is 2.84. The van der Waals surface area contributed by atoms with Crippen molar-refractivity contribution >= 4 is 11.9 Å². The van der Waals surface area contributed by atoms with Crippen molar-refractivity contribution in [2.75, 3.05) is 13.7 Å². The lowest BCUT2D eigenvalue weighted by atomic mass is 9.68. The Balaban J connectivity index is 2.46. The van der Waals surface area contributed by atoms with Crippen molar-refractivity contribution in [3.8, 4) is 11.8 Å². The van der Waals surface area contributed by atoms with Crippen LogP contribution in [-0.2, 0) is 19.7 Å². The number of rotatable bonds is 3. The van der Waals surface area contributed by atoms with Crippen molar-refractivity contribution in [1.29, 1.82) is 5.26 Å². The third-order valence-electron chi connectivity index (χ3n) is 4.65. The van der Waals surface area contributed by atoms with Gasteiger partial charge in [-0.2, -0.15) is 5.26 Å². The summed E-state index contributed by atoms with van der Waals surface area (Å²) in [7, 11) is 1.22. The molecule has 0 saturated heterocycles. The Morgan fingerprint density at radius 1 is 1.50 bits per heavy atom. The number of carbonyl (C=O) groups excluding carboxylic acids is 2. The molecule has 2 aliphatic rings. The van der Waals surface area contributed by atoms with E-state index in [9.17, 15) is 14.9 Å². The number of amides is 1. The van der Waals surface area contributed by atoms with Crippen LogP contribution >= 0.6 is 0 Å². The lowest BCUT2D eigenvalue weighted by molar-refractivity contribution is -0.138. The summed E-state index contributed by atoms with van der Waals surface area (Å²) in [5, 5.41) is 9.77. The van der Waals surface area contributed by atoms with E-state index in [1.807, 2.05) is 6.07 Å². The van der Waals surface area contributed by atoms with Crippen LogP contribution in [0.3, 0.4) is 0 Å². The molecule has 26 heavy (non-hydrogen) atoms. The highest BCUT2D eigenvalue weighted by Gasteiger charge is 2.61. The topological polar surface area (TPSA) is 106 Å². The molecule has 7 heteroatoms. The molecule has 0 saturated carbocycles. The third-order valence-corrected chi connectivity index (χ3v) is 4.65. The molecule has 0 aliphatic carbocycles. The Morgan fingerprint density at radius 2 is 2.19 bits per heavy atom. The second kappa shape index (κ2) is 6.08. The molecule has 0 radical (unpaired) electrons. The van der Waals surface area contributed by atoms with Crippen LogP contribution in [0, 0.1) is 11.3 Å². The molecule has 2 heterocycles. The summed E-state index contributed by atoms with van der Waals surface area (Å²) in [6.07, 6.45) is 1.54. The first-order valence-electron chi connectivity index (χ1n) is 7.85. The van der Waals surface area contributed by atoms with Crippen LogP contribution in [0.1, 0.15) is 12.5 Å². The molecule has 7 nitrogen and oxygen atoms in total. The van der Waals surface area contributed by atoms with E-state index in [2.05, 4.69) is 6.58 Å². The molecule has 2 N–H and O–H groups in total. The summed E-state index contributed by atoms with van der Waals surface area (Å²) in [6.45, 7) is 5.46. The van der Waals surface area contributed by atoms with Gasteiger partial charge in [-0.05, 0) is 13.0 Å². The van der Waals surface area contributed by atoms with Gasteiger partial charge < -0.3 is 20.1 Å². The molecular formula is C19H17N3O4. The summed E-state index contributed by atoms with van der Waals surface area (Å²) in [5.74, 6) is -1.08. The number of nitrogens with zero attached hydrogens (tertiary/aromatic N) is 2. The molecule has 1 aromatic rings. The molecule has 1 amide bonds. The van der Waals surface area contributed by atoms with Gasteiger partial charge >= 0.3 is 5.97 Å². The number of esters is 1. The number of ether oxygens (including phenoxy) is 2. The number of hydrogen-bond acceptors (Lipinski definition) is 6. The number of nitriles is 1. The Labute approximate surface area is 150 Å². The molecule has 0 unspecified atom stereocenters. The van der Waals surface area contributed by atoms with Gasteiger partial charge in [-0.1, -0.05) is 24.3 Å². The molecule has 0 bridgehead atoms. The van der Waals surface area contributed by atoms with E-state index in [-0.39, 0.29) is 23.6 Å². The van der Waals surface area contributed by atoms with Gasteiger partial charge in [-0.25, -0.2) is 4.79 Å². The fourth-order valence-corrected chi connectivity index (χ4v) is 3.59. The van der Waals surface area contributed by atoms with Crippen LogP contribution in [0.5, 0.6) is 5.75 Å². The molecule has 0 fully saturated rings. The second-order valence-corrected chi connectivity index (χ2v) is 5.86. The maximum absolute atomic E-state index is 13.5. The fraction of sp³-hybridized carbons (Fsp3) is 0.211. The number of fused-ring (bicyclic) bond motifs is 2. The average molecular weight is 351 g/mol. The zero-order valence-electron chi connectivity index (χ0n) is 14.4. The standard InChI is InChI=1S/C19H17N3O4/c1-4-9-22-11(2)15(17(23)25-3)19(18(22)24)12-7-5-6-8-14(12)26-16(21)13(19)10-20/h4-8H,1,9,21H2,2-3H3/t19-/m1/s1. The first-order valence-corrected chi connectivity index (χ1v) is 7.85. The first kappa shape index (κ1) is 17.3. The van der Waals surface area contributed by atoms with E-state index in [0.29, 0.717) is 17.0 Å². The van der Waals surface area contributed by atoms with Gasteiger partial charge in [0.2, 0.25) is 11.8 Å². The number of hydrogen-bond donors (Lipinski definition) is 1. The van der Waals surface area contributed by atoms with E-state index in [1.54, 1.807) is 37.3 Å². The second-order valence-electron chi connectivity index (χ2n) is 5.86. The van der Waals surface area contributed by atoms with E-state index in [4.69, 9.17) is 15.2 Å². The lowest BCUT2D eigenvalue weighted by Gasteiger charge is -2.35. The molecule has 132 valence electrons. The fourth-order valence-electron chi connectivity index (χ4n) is 3.59. The molecule has 2 aliphatic heterocycles. The van der Waals surface area contributed by atoms with Gasteiger partial charge in [0, 0.05) is 17.8 Å². The van der Waals surface area contributed by atoms with Crippen LogP contribution in [0.4, 0.5) is 0 Å². The zero-order valence-corrected chi connectivity index (χ0v) is 14.4. The highest BCUT2D eigenvalue weighted by molar-refractivity contribution is 6.12. The lowest BCUT2D eigenvalue weighted by Crippen LogP contribution is -2.47. The number of carbonyl (C=O) groups is 2. The summed E-state index contributed by atoms with van der Waals surface area (Å²) in [4.78, 5) is 27.6. The quantitative estimate of drug-likeness (QED) is 0.653. The number of methoxy groups -OCH3 is 1. The van der Waals surface area contributed by atoms with E-state index < -0.39 is 17.3 Å². The van der Waals surface area contributed by atoms with Crippen LogP contribution in [0.25, 0.3) is 0 Å². The zero-order chi connectivity index (χ0) is 19.1. The van der Waals surface area contributed by atoms with Crippen LogP contribution < -0.4 is 10.5 Å². The minimum atomic E-state index is -1.70. The normalized spacial score (nSPS) is 21.4. The van der Waals surface area contributed by atoms with Crippen LogP contribution in [0.15, 0.2) is 59.6 Å². The van der Waals surface area contributed by atoms with Crippen molar-refractivity contribution in [3.63, 3.8) is 0 Å². The summed E-state index contributed by atoms with van der Waals surface area (Å²) >= 11 is 0. The van der Waals surface area contributed by atoms with Gasteiger partial charge in [0.15, 0.2) is 5.41 Å². The highest BCUT2D eigenvalue weighted by atomic mass is 16.5. The van der Waals surface area contributed by atoms with Gasteiger partial charge in [0.25, 0.3) is 0 Å². The minimum absolute atomic E-state index is 0.0575. The maximum atomic E-state index is 13.5. The van der Waals surface area contributed by atoms with Crippen LogP contribution in [-0.4, -0.2) is 30.4 Å². The monoisotopic (exact) mass is 351 g/mol. The number of allylic oxidation sites excluding steroid dienone is 1. The molecule has 1 aromatic carbocycles. The van der Waals surface area contributed by atoms with E-state index in [1.165, 1.54) is 12.0 Å². The number of para-hydroxylation sites is 1. The Hall–Kier alpha value is -3.53. The molecule has 1 spiro atoms. The van der Waals surface area contributed by atoms with E-state index in [0.717, 1.165) is 0 Å². The first-order chi connectivity index (χ1) is 12.4. The summed E-state index contributed by atoms with van der Waals surface area (Å²) in [5.41, 5.74) is 4.95. The molecular weight excluding hydrogens is 334 g/mol. The molecule has 0 aromatic heterocycles. The van der Waals surface area contributed by atoms with Crippen molar-refractivity contribution < 1.29 is 19.1 Å². The SMILES string of the molecule is C=CCN1C(=O)[C@]2(C(C#N)=C(N)Oc3ccccc32)C(C(=O)OC)=C1C. The van der Waals surface area contributed by atoms with Gasteiger partial charge in [0.1, 0.15) is 17.4 Å². The smallest absolute Gasteiger partial charge is 0.337 e. The maximum Gasteiger partial charge on any atom is 0.337 e. The van der Waals surface area contributed by atoms with Gasteiger partial charge in [0.05, 0.1) is 12.7 Å². The number of benzene rings is 1. The van der Waals surface area contributed by atoms with E-state index >= 15 is 0 Å². The minimum Gasteiger partial charge on any atom is -0.466 e. The summed E-state index contributed by atoms with van der Waals surface area (Å²) in [6, 6.07) is 8.66. The third kappa shape index (κ3) is 1.99. The summed E-state index contributed by atoms with van der Waals surface area (Å²) < 4.78 is 10.5. The highest BCUT2D eigenvalue weighted by Crippen LogP contribution is 2.53. The Morgan fingerprint density at radius 3 is 2.81 bits per heavy atom. The molecule has 1 atom stereocenters. The largest absolute Gasteiger partial charge is 0.466 e. The number of nitrogens with two attached hydrogens (primary N) is 1. The predicted octanol–water partition coefficient (Wildman–Crippen LogP) is 1.49. The van der Waals surface area contributed by atoms with Crippen molar-refractivity contribution in [3.05, 3.63) is 65.2 Å². The van der Waals surface area contributed by atoms with Crippen molar-refractivity contribution in [2.24, 2.45) is 5.73 Å². The molecule has 3 rings (SSSR count). The Bertz CT molecular complexity index is 938.